The summed E-state index contributed by atoms with van der Waals surface area (Å²) in [6.07, 6.45) is 10.1. The van der Waals surface area contributed by atoms with E-state index in [2.05, 4.69) is 21.4 Å². The van der Waals surface area contributed by atoms with Crippen molar-refractivity contribution in [3.63, 3.8) is 0 Å². The van der Waals surface area contributed by atoms with Gasteiger partial charge in [0.1, 0.15) is 5.82 Å². The van der Waals surface area contributed by atoms with E-state index in [1.165, 1.54) is 44.6 Å². The summed E-state index contributed by atoms with van der Waals surface area (Å²) in [5.41, 5.74) is 4.06. The van der Waals surface area contributed by atoms with Crippen LogP contribution in [0.3, 0.4) is 0 Å². The van der Waals surface area contributed by atoms with Gasteiger partial charge in [0.2, 0.25) is 0 Å². The molecule has 112 valence electrons. The molecular formula is C16H24BrFN2. The van der Waals surface area contributed by atoms with Crippen LogP contribution in [0.4, 0.5) is 4.39 Å². The first-order chi connectivity index (χ1) is 9.69. The second-order valence-electron chi connectivity index (χ2n) is 5.91. The van der Waals surface area contributed by atoms with E-state index in [0.29, 0.717) is 4.47 Å². The van der Waals surface area contributed by atoms with Crippen molar-refractivity contribution in [3.8, 4) is 0 Å². The standard InChI is InChI=1S/C16H24BrFN2/c17-15-11-13(7-8-16(15)18)10-14(20-19)9-12-5-3-1-2-4-6-12/h7-8,11-12,14,20H,1-6,9-10,19H2. The van der Waals surface area contributed by atoms with Gasteiger partial charge in [0.15, 0.2) is 0 Å². The van der Waals surface area contributed by atoms with Gasteiger partial charge in [-0.25, -0.2) is 4.39 Å². The molecule has 1 saturated carbocycles. The Labute approximate surface area is 129 Å². The quantitative estimate of drug-likeness (QED) is 0.475. The molecule has 2 rings (SSSR count). The van der Waals surface area contributed by atoms with E-state index in [-0.39, 0.29) is 11.9 Å². The zero-order valence-electron chi connectivity index (χ0n) is 11.9. The Morgan fingerprint density at radius 1 is 1.25 bits per heavy atom. The molecule has 0 aromatic heterocycles. The Kier molecular flexibility index (Phi) is 6.46. The smallest absolute Gasteiger partial charge is 0.137 e. The molecule has 1 aromatic carbocycles. The van der Waals surface area contributed by atoms with Crippen molar-refractivity contribution in [1.29, 1.82) is 0 Å². The van der Waals surface area contributed by atoms with Gasteiger partial charge in [0, 0.05) is 6.04 Å². The molecule has 0 saturated heterocycles. The van der Waals surface area contributed by atoms with Crippen molar-refractivity contribution in [3.05, 3.63) is 34.1 Å². The molecule has 20 heavy (non-hydrogen) atoms. The number of rotatable bonds is 5. The van der Waals surface area contributed by atoms with Gasteiger partial charge in [-0.2, -0.15) is 0 Å². The fourth-order valence-electron chi connectivity index (χ4n) is 3.16. The molecule has 1 aromatic rings. The van der Waals surface area contributed by atoms with Crippen molar-refractivity contribution in [2.75, 3.05) is 0 Å². The monoisotopic (exact) mass is 342 g/mol. The molecule has 3 N–H and O–H groups in total. The molecule has 0 heterocycles. The Hall–Kier alpha value is -0.450. The second kappa shape index (κ2) is 8.11. The highest BCUT2D eigenvalue weighted by atomic mass is 79.9. The highest BCUT2D eigenvalue weighted by molar-refractivity contribution is 9.10. The van der Waals surface area contributed by atoms with Crippen molar-refractivity contribution >= 4 is 15.9 Å². The molecule has 1 fully saturated rings. The van der Waals surface area contributed by atoms with Gasteiger partial charge in [-0.1, -0.05) is 44.6 Å². The average Bonchev–Trinajstić information content (AvgIpc) is 2.71. The predicted molar refractivity (Wildman–Crippen MR) is 84.7 cm³/mol. The molecule has 2 nitrogen and oxygen atoms in total. The minimum atomic E-state index is -0.213. The topological polar surface area (TPSA) is 38.0 Å². The van der Waals surface area contributed by atoms with E-state index in [1.807, 2.05) is 12.1 Å². The van der Waals surface area contributed by atoms with E-state index in [1.54, 1.807) is 0 Å². The summed E-state index contributed by atoms with van der Waals surface area (Å²) < 4.78 is 13.8. The number of halogens is 2. The number of nitrogens with one attached hydrogen (secondary N) is 1. The summed E-state index contributed by atoms with van der Waals surface area (Å²) in [5.74, 6) is 6.28. The van der Waals surface area contributed by atoms with Crippen LogP contribution in [0, 0.1) is 11.7 Å². The average molecular weight is 343 g/mol. The number of hydrogen-bond acceptors (Lipinski definition) is 2. The minimum absolute atomic E-state index is 0.213. The lowest BCUT2D eigenvalue weighted by molar-refractivity contribution is 0.352. The maximum Gasteiger partial charge on any atom is 0.137 e. The van der Waals surface area contributed by atoms with Gasteiger partial charge in [0.05, 0.1) is 4.47 Å². The highest BCUT2D eigenvalue weighted by Gasteiger charge is 2.18. The molecule has 0 aliphatic heterocycles. The molecule has 0 spiro atoms. The lowest BCUT2D eigenvalue weighted by Gasteiger charge is -2.22. The molecule has 0 amide bonds. The summed E-state index contributed by atoms with van der Waals surface area (Å²) in [7, 11) is 0. The molecule has 1 atom stereocenters. The summed E-state index contributed by atoms with van der Waals surface area (Å²) in [4.78, 5) is 0. The van der Waals surface area contributed by atoms with Crippen LogP contribution < -0.4 is 11.3 Å². The third kappa shape index (κ3) is 4.83. The van der Waals surface area contributed by atoms with Gasteiger partial charge < -0.3 is 0 Å². The molecular weight excluding hydrogens is 319 g/mol. The predicted octanol–water partition coefficient (Wildman–Crippen LogP) is 4.32. The van der Waals surface area contributed by atoms with Crippen molar-refractivity contribution < 1.29 is 4.39 Å². The van der Waals surface area contributed by atoms with Gasteiger partial charge >= 0.3 is 0 Å². The summed E-state index contributed by atoms with van der Waals surface area (Å²) in [6, 6.07) is 5.48. The van der Waals surface area contributed by atoms with Gasteiger partial charge in [-0.05, 0) is 52.4 Å². The van der Waals surface area contributed by atoms with E-state index in [4.69, 9.17) is 5.84 Å². The third-order valence-electron chi connectivity index (χ3n) is 4.29. The first-order valence-electron chi connectivity index (χ1n) is 7.59. The van der Waals surface area contributed by atoms with Gasteiger partial charge in [-0.15, -0.1) is 0 Å². The molecule has 0 radical (unpaired) electrons. The fourth-order valence-corrected chi connectivity index (χ4v) is 3.59. The Morgan fingerprint density at radius 3 is 2.55 bits per heavy atom. The van der Waals surface area contributed by atoms with Crippen LogP contribution in [-0.4, -0.2) is 6.04 Å². The Bertz CT molecular complexity index is 417. The molecule has 0 bridgehead atoms. The summed E-state index contributed by atoms with van der Waals surface area (Å²) >= 11 is 3.24. The fraction of sp³-hybridized carbons (Fsp3) is 0.625. The van der Waals surface area contributed by atoms with Crippen LogP contribution in [0.5, 0.6) is 0 Å². The van der Waals surface area contributed by atoms with Crippen LogP contribution in [0.2, 0.25) is 0 Å². The summed E-state index contributed by atoms with van der Waals surface area (Å²) in [5, 5.41) is 0. The van der Waals surface area contributed by atoms with Crippen LogP contribution in [0.15, 0.2) is 22.7 Å². The van der Waals surface area contributed by atoms with E-state index in [9.17, 15) is 4.39 Å². The maximum atomic E-state index is 13.2. The second-order valence-corrected chi connectivity index (χ2v) is 6.76. The van der Waals surface area contributed by atoms with Crippen LogP contribution in [0.25, 0.3) is 0 Å². The summed E-state index contributed by atoms with van der Waals surface area (Å²) in [6.45, 7) is 0. The maximum absolute atomic E-state index is 13.2. The van der Waals surface area contributed by atoms with Gasteiger partial charge in [-0.3, -0.25) is 11.3 Å². The largest absolute Gasteiger partial charge is 0.271 e. The number of benzene rings is 1. The molecule has 1 aliphatic carbocycles. The van der Waals surface area contributed by atoms with Gasteiger partial charge in [0.25, 0.3) is 0 Å². The molecule has 1 unspecified atom stereocenters. The zero-order valence-corrected chi connectivity index (χ0v) is 13.5. The SMILES string of the molecule is NNC(Cc1ccc(F)c(Br)c1)CC1CCCCCC1. The minimum Gasteiger partial charge on any atom is -0.271 e. The Balaban J connectivity index is 1.92. The number of hydrogen-bond donors (Lipinski definition) is 2. The normalized spacial score (nSPS) is 18.8. The Morgan fingerprint density at radius 2 is 1.95 bits per heavy atom. The highest BCUT2D eigenvalue weighted by Crippen LogP contribution is 2.27. The first kappa shape index (κ1) is 15.9. The van der Waals surface area contributed by atoms with Crippen LogP contribution >= 0.6 is 15.9 Å². The first-order valence-corrected chi connectivity index (χ1v) is 8.38. The zero-order chi connectivity index (χ0) is 14.4. The number of nitrogens with two attached hydrogens (primary N) is 1. The van der Waals surface area contributed by atoms with E-state index >= 15 is 0 Å². The molecule has 4 heteroatoms. The third-order valence-corrected chi connectivity index (χ3v) is 4.90. The van der Waals surface area contributed by atoms with E-state index in [0.717, 1.165) is 24.3 Å². The lowest BCUT2D eigenvalue weighted by atomic mass is 9.90. The van der Waals surface area contributed by atoms with Crippen molar-refractivity contribution in [2.24, 2.45) is 11.8 Å². The van der Waals surface area contributed by atoms with E-state index < -0.39 is 0 Å². The number of hydrazine groups is 1. The lowest BCUT2D eigenvalue weighted by Crippen LogP contribution is -2.38. The van der Waals surface area contributed by atoms with Crippen LogP contribution in [-0.2, 0) is 6.42 Å². The molecule has 1 aliphatic rings. The van der Waals surface area contributed by atoms with Crippen molar-refractivity contribution in [2.45, 2.75) is 57.4 Å². The van der Waals surface area contributed by atoms with Crippen LogP contribution in [0.1, 0.15) is 50.5 Å². The van der Waals surface area contributed by atoms with Crippen molar-refractivity contribution in [1.82, 2.24) is 5.43 Å².